The summed E-state index contributed by atoms with van der Waals surface area (Å²) in [5.41, 5.74) is 8.44. The molecule has 1 aromatic rings. The van der Waals surface area contributed by atoms with Crippen molar-refractivity contribution in [1.82, 2.24) is 4.90 Å². The third kappa shape index (κ3) is 6.35. The van der Waals surface area contributed by atoms with Gasteiger partial charge in [-0.1, -0.05) is 6.07 Å². The van der Waals surface area contributed by atoms with Gasteiger partial charge in [0.05, 0.1) is 0 Å². The van der Waals surface area contributed by atoms with E-state index < -0.39 is 5.60 Å². The van der Waals surface area contributed by atoms with Crippen LogP contribution >= 0.6 is 11.6 Å². The first-order valence-corrected chi connectivity index (χ1v) is 7.47. The number of halogens is 1. The Morgan fingerprint density at radius 1 is 1.27 bits per heavy atom. The number of nitrogens with zero attached hydrogens (tertiary/aromatic N) is 1. The van der Waals surface area contributed by atoms with Crippen LogP contribution in [0.5, 0.6) is 0 Å². The van der Waals surface area contributed by atoms with Crippen molar-refractivity contribution < 1.29 is 14.3 Å². The number of benzene rings is 1. The van der Waals surface area contributed by atoms with Gasteiger partial charge in [-0.2, -0.15) is 0 Å². The number of hydrogen-bond acceptors (Lipinski definition) is 4. The van der Waals surface area contributed by atoms with Crippen LogP contribution in [-0.4, -0.2) is 28.4 Å². The Kier molecular flexibility index (Phi) is 6.23. The normalized spacial score (nSPS) is 13.6. The third-order valence-electron chi connectivity index (χ3n) is 2.89. The first-order chi connectivity index (χ1) is 10.1. The highest BCUT2D eigenvalue weighted by Gasteiger charge is 2.25. The van der Waals surface area contributed by atoms with Crippen molar-refractivity contribution in [2.75, 3.05) is 12.3 Å². The van der Waals surface area contributed by atoms with E-state index in [0.717, 1.165) is 17.7 Å². The molecule has 1 heterocycles. The minimum absolute atomic E-state index is 0.254. The molecule has 0 atom stereocenters. The van der Waals surface area contributed by atoms with E-state index in [2.05, 4.69) is 11.6 Å². The molecule has 0 fully saturated rings. The topological polar surface area (TPSA) is 72.6 Å². The molecule has 0 saturated carbocycles. The number of hydrogen-bond donors (Lipinski definition) is 1. The van der Waals surface area contributed by atoms with Gasteiger partial charge in [-0.3, -0.25) is 4.79 Å². The molecule has 0 aromatic heterocycles. The largest absolute Gasteiger partial charge is 0.444 e. The van der Waals surface area contributed by atoms with Crippen molar-refractivity contribution in [2.45, 2.75) is 46.3 Å². The monoisotopic (exact) mass is 326 g/mol. The molecule has 5 nitrogen and oxygen atoms in total. The maximum atomic E-state index is 12.0. The molecule has 1 aliphatic rings. The summed E-state index contributed by atoms with van der Waals surface area (Å²) in [6.45, 7) is 8.20. The summed E-state index contributed by atoms with van der Waals surface area (Å²) < 4.78 is 5.38. The van der Waals surface area contributed by atoms with Gasteiger partial charge in [0.15, 0.2) is 0 Å². The lowest BCUT2D eigenvalue weighted by Gasteiger charge is -2.31. The molecule has 2 N–H and O–H groups in total. The van der Waals surface area contributed by atoms with E-state index >= 15 is 0 Å². The molecule has 1 aliphatic heterocycles. The second kappa shape index (κ2) is 7.49. The lowest BCUT2D eigenvalue weighted by molar-refractivity contribution is -0.109. The van der Waals surface area contributed by atoms with Crippen LogP contribution in [0, 0.1) is 0 Å². The fourth-order valence-electron chi connectivity index (χ4n) is 2.06. The summed E-state index contributed by atoms with van der Waals surface area (Å²) in [7, 11) is 0. The molecule has 22 heavy (non-hydrogen) atoms. The zero-order valence-corrected chi connectivity index (χ0v) is 14.2. The van der Waals surface area contributed by atoms with E-state index in [0.29, 0.717) is 13.1 Å². The van der Waals surface area contributed by atoms with Crippen molar-refractivity contribution in [1.29, 1.82) is 0 Å². The number of ether oxygens (including phenoxy) is 1. The van der Waals surface area contributed by atoms with E-state index in [1.807, 2.05) is 39.0 Å². The van der Waals surface area contributed by atoms with Crippen LogP contribution in [0.25, 0.3) is 0 Å². The van der Waals surface area contributed by atoms with Gasteiger partial charge in [-0.05, 0) is 62.1 Å². The smallest absolute Gasteiger partial charge is 0.410 e. The molecular weight excluding hydrogens is 304 g/mol. The van der Waals surface area contributed by atoms with Gasteiger partial charge in [0, 0.05) is 25.7 Å². The highest BCUT2D eigenvalue weighted by molar-refractivity contribution is 6.62. The molecule has 0 spiro atoms. The van der Waals surface area contributed by atoms with Crippen LogP contribution in [-0.2, 0) is 22.5 Å². The summed E-state index contributed by atoms with van der Waals surface area (Å²) >= 11 is 4.64. The van der Waals surface area contributed by atoms with Crippen molar-refractivity contribution in [3.8, 4) is 0 Å². The van der Waals surface area contributed by atoms with Crippen LogP contribution in [0.2, 0.25) is 0 Å². The molecule has 0 aliphatic carbocycles. The molecule has 6 heteroatoms. The second-order valence-corrected chi connectivity index (χ2v) is 6.68. The number of anilines is 1. The molecule has 2 rings (SSSR count). The molecule has 122 valence electrons. The van der Waals surface area contributed by atoms with Gasteiger partial charge in [0.2, 0.25) is 5.24 Å². The Bertz CT molecular complexity index is 549. The van der Waals surface area contributed by atoms with Gasteiger partial charge in [0.1, 0.15) is 5.60 Å². The highest BCUT2D eigenvalue weighted by Crippen LogP contribution is 2.22. The number of amides is 1. The first-order valence-electron chi connectivity index (χ1n) is 7.10. The summed E-state index contributed by atoms with van der Waals surface area (Å²) in [5, 5.41) is -0.361. The van der Waals surface area contributed by atoms with Crippen LogP contribution < -0.4 is 5.73 Å². The van der Waals surface area contributed by atoms with E-state index in [-0.39, 0.29) is 11.3 Å². The summed E-state index contributed by atoms with van der Waals surface area (Å²) in [5.74, 6) is 0. The SMILES string of the molecule is CC(=O)Cl.CC(C)(C)OC(=O)N1CCc2ccc(N)cc2C1. The minimum atomic E-state index is -0.451. The fraction of sp³-hybridized carbons (Fsp3) is 0.500. The standard InChI is InChI=1S/C14H20N2O2.C2H3ClO/c1-14(2,3)18-13(17)16-7-6-10-4-5-12(15)8-11(10)9-16;1-2(3)4/h4-5,8H,6-7,9,15H2,1-3H3;1H3. The molecule has 0 radical (unpaired) electrons. The predicted octanol–water partition coefficient (Wildman–Crippen LogP) is 3.33. The molecular formula is C16H23ClN2O3. The van der Waals surface area contributed by atoms with Crippen LogP contribution in [0.15, 0.2) is 18.2 Å². The first kappa shape index (κ1) is 18.3. The number of nitrogens with two attached hydrogens (primary N) is 1. The maximum Gasteiger partial charge on any atom is 0.410 e. The molecule has 0 unspecified atom stereocenters. The number of carbonyl (C=O) groups excluding carboxylic acids is 2. The summed E-state index contributed by atoms with van der Waals surface area (Å²) in [6, 6.07) is 5.88. The number of fused-ring (bicyclic) bond motifs is 1. The highest BCUT2D eigenvalue weighted by atomic mass is 35.5. The van der Waals surface area contributed by atoms with Crippen LogP contribution in [0.3, 0.4) is 0 Å². The van der Waals surface area contributed by atoms with Gasteiger partial charge in [-0.15, -0.1) is 0 Å². The second-order valence-electron chi connectivity index (χ2n) is 6.15. The fourth-order valence-corrected chi connectivity index (χ4v) is 2.06. The Labute approximate surface area is 136 Å². The molecule has 1 aromatic carbocycles. The van der Waals surface area contributed by atoms with E-state index in [4.69, 9.17) is 10.5 Å². The Balaban J connectivity index is 0.000000541. The van der Waals surface area contributed by atoms with E-state index in [1.165, 1.54) is 12.5 Å². The Morgan fingerprint density at radius 2 is 1.86 bits per heavy atom. The zero-order valence-electron chi connectivity index (χ0n) is 13.5. The lowest BCUT2D eigenvalue weighted by atomic mass is 9.99. The van der Waals surface area contributed by atoms with E-state index in [9.17, 15) is 9.59 Å². The number of nitrogen functional groups attached to an aromatic ring is 1. The minimum Gasteiger partial charge on any atom is -0.444 e. The average Bonchev–Trinajstić information content (AvgIpc) is 2.35. The van der Waals surface area contributed by atoms with Crippen LogP contribution in [0.1, 0.15) is 38.8 Å². The Morgan fingerprint density at radius 3 is 2.41 bits per heavy atom. The van der Waals surface area contributed by atoms with Gasteiger partial charge in [0.25, 0.3) is 0 Å². The molecule has 1 amide bonds. The third-order valence-corrected chi connectivity index (χ3v) is 2.89. The lowest BCUT2D eigenvalue weighted by Crippen LogP contribution is -2.39. The van der Waals surface area contributed by atoms with Crippen LogP contribution in [0.4, 0.5) is 10.5 Å². The summed E-state index contributed by atoms with van der Waals surface area (Å²) in [4.78, 5) is 22.9. The van der Waals surface area contributed by atoms with Gasteiger partial charge in [-0.25, -0.2) is 4.79 Å². The quantitative estimate of drug-likeness (QED) is 0.586. The molecule has 0 bridgehead atoms. The summed E-state index contributed by atoms with van der Waals surface area (Å²) in [6.07, 6.45) is 0.602. The Hall–Kier alpha value is -1.75. The number of carbonyl (C=O) groups is 2. The van der Waals surface area contributed by atoms with Crippen molar-refractivity contribution in [3.63, 3.8) is 0 Å². The average molecular weight is 327 g/mol. The number of rotatable bonds is 0. The molecule has 0 saturated heterocycles. The van der Waals surface area contributed by atoms with Crippen molar-refractivity contribution in [2.24, 2.45) is 0 Å². The predicted molar refractivity (Wildman–Crippen MR) is 87.7 cm³/mol. The maximum absolute atomic E-state index is 12.0. The zero-order chi connectivity index (χ0) is 16.9. The van der Waals surface area contributed by atoms with Crippen molar-refractivity contribution in [3.05, 3.63) is 29.3 Å². The van der Waals surface area contributed by atoms with Crippen molar-refractivity contribution >= 4 is 28.6 Å². The van der Waals surface area contributed by atoms with Gasteiger partial charge < -0.3 is 15.4 Å². The van der Waals surface area contributed by atoms with Gasteiger partial charge >= 0.3 is 6.09 Å². The van der Waals surface area contributed by atoms with E-state index in [1.54, 1.807) is 4.90 Å².